The number of hydrogen-bond acceptors (Lipinski definition) is 5. The first kappa shape index (κ1) is 29.0. The van der Waals surface area contributed by atoms with Gasteiger partial charge in [-0.2, -0.15) is 0 Å². The molecule has 0 spiro atoms. The van der Waals surface area contributed by atoms with Crippen molar-refractivity contribution < 1.29 is 28.6 Å². The molecule has 2 aromatic carbocycles. The van der Waals surface area contributed by atoms with Crippen LogP contribution in [0.3, 0.4) is 0 Å². The molecular weight excluding hydrogens is 517 g/mol. The van der Waals surface area contributed by atoms with Crippen LogP contribution < -0.4 is 10.6 Å². The molecule has 0 bridgehead atoms. The second kappa shape index (κ2) is 11.2. The van der Waals surface area contributed by atoms with E-state index >= 15 is 0 Å². The molecule has 2 unspecified atom stereocenters. The SMILES string of the molecule is CNC(=O)[C@H](CC(C)C)NC(=O)C(CC(C)C)CP(=O)(O)CN1C(=O)c2ccc3c4c(ccc(c24)C1=O)CC3. The summed E-state index contributed by atoms with van der Waals surface area (Å²) in [5, 5.41) is 6.89. The summed E-state index contributed by atoms with van der Waals surface area (Å²) in [5.74, 6) is -2.72. The van der Waals surface area contributed by atoms with E-state index < -0.39 is 49.5 Å². The lowest BCUT2D eigenvalue weighted by molar-refractivity contribution is -0.131. The van der Waals surface area contributed by atoms with Crippen molar-refractivity contribution in [2.45, 2.75) is 59.4 Å². The summed E-state index contributed by atoms with van der Waals surface area (Å²) < 4.78 is 13.5. The second-order valence-corrected chi connectivity index (χ2v) is 14.0. The van der Waals surface area contributed by atoms with E-state index in [2.05, 4.69) is 10.6 Å². The predicted octanol–water partition coefficient (Wildman–Crippen LogP) is 3.70. The number of nitrogens with zero attached hydrogens (tertiary/aromatic N) is 1. The standard InChI is InChI=1S/C29H38N3O6P/c1-16(2)12-20(26(33)31-23(13-17(3)4)27(34)30-5)14-39(37,38)15-32-28(35)21-10-8-18-6-7-19-9-11-22(29(32)36)25(21)24(18)19/h8-11,16-17,20,23H,6-7,12-15H2,1-5H3,(H,30,34)(H,31,33)(H,37,38)/t20?,23-/m0/s1. The first-order valence-electron chi connectivity index (χ1n) is 13.6. The van der Waals surface area contributed by atoms with Gasteiger partial charge in [0.2, 0.25) is 19.2 Å². The number of carbonyl (C=O) groups excluding carboxylic acids is 4. The highest BCUT2D eigenvalue weighted by Gasteiger charge is 2.40. The molecule has 10 heteroatoms. The quantitative estimate of drug-likeness (QED) is 0.286. The van der Waals surface area contributed by atoms with Gasteiger partial charge in [-0.3, -0.25) is 28.6 Å². The minimum Gasteiger partial charge on any atom is -0.357 e. The van der Waals surface area contributed by atoms with Crippen molar-refractivity contribution in [3.05, 3.63) is 46.5 Å². The summed E-state index contributed by atoms with van der Waals surface area (Å²) in [6, 6.07) is 6.41. The van der Waals surface area contributed by atoms with Gasteiger partial charge in [-0.05, 0) is 66.2 Å². The van der Waals surface area contributed by atoms with Crippen molar-refractivity contribution in [1.29, 1.82) is 0 Å². The lowest BCUT2D eigenvalue weighted by atomic mass is 9.91. The maximum Gasteiger partial charge on any atom is 0.261 e. The average Bonchev–Trinajstić information content (AvgIpc) is 3.29. The van der Waals surface area contributed by atoms with Crippen LogP contribution in [0.2, 0.25) is 0 Å². The average molecular weight is 556 g/mol. The van der Waals surface area contributed by atoms with Crippen LogP contribution in [-0.4, -0.2) is 59.0 Å². The van der Waals surface area contributed by atoms with Crippen molar-refractivity contribution >= 4 is 41.8 Å². The van der Waals surface area contributed by atoms with Crippen LogP contribution in [0, 0.1) is 17.8 Å². The number of aryl methyl sites for hydroxylation is 2. The minimum atomic E-state index is -4.18. The highest BCUT2D eigenvalue weighted by Crippen LogP contribution is 2.47. The molecule has 4 amide bonds. The normalized spacial score (nSPS) is 17.5. The number of rotatable bonds is 11. The molecular formula is C29H38N3O6P. The van der Waals surface area contributed by atoms with E-state index in [4.69, 9.17) is 0 Å². The summed E-state index contributed by atoms with van der Waals surface area (Å²) in [6.45, 7) is 7.68. The van der Waals surface area contributed by atoms with E-state index in [1.165, 1.54) is 7.05 Å². The number of likely N-dealkylation sites (N-methyl/N-ethyl adjacent to an activating group) is 1. The molecule has 0 saturated heterocycles. The molecule has 0 radical (unpaired) electrons. The van der Waals surface area contributed by atoms with E-state index in [1.807, 2.05) is 39.8 Å². The Morgan fingerprint density at radius 1 is 0.897 bits per heavy atom. The Morgan fingerprint density at radius 2 is 1.44 bits per heavy atom. The molecule has 1 aliphatic heterocycles. The zero-order chi connectivity index (χ0) is 28.6. The Kier molecular flexibility index (Phi) is 8.33. The number of nitrogens with one attached hydrogen (secondary N) is 2. The van der Waals surface area contributed by atoms with Gasteiger partial charge in [0.15, 0.2) is 0 Å². The van der Waals surface area contributed by atoms with Crippen molar-refractivity contribution in [1.82, 2.24) is 15.5 Å². The fraction of sp³-hybridized carbons (Fsp3) is 0.517. The Labute approximate surface area is 229 Å². The van der Waals surface area contributed by atoms with Gasteiger partial charge in [0.05, 0.1) is 0 Å². The van der Waals surface area contributed by atoms with Crippen LogP contribution in [-0.2, 0) is 27.0 Å². The molecule has 0 aromatic heterocycles. The molecule has 0 fully saturated rings. The maximum absolute atomic E-state index is 13.5. The van der Waals surface area contributed by atoms with Gasteiger partial charge in [0.25, 0.3) is 11.8 Å². The van der Waals surface area contributed by atoms with Crippen molar-refractivity contribution in [2.75, 3.05) is 19.5 Å². The van der Waals surface area contributed by atoms with E-state index in [-0.39, 0.29) is 17.7 Å². The molecule has 3 N–H and O–H groups in total. The van der Waals surface area contributed by atoms with Gasteiger partial charge in [0.1, 0.15) is 12.3 Å². The molecule has 0 saturated carbocycles. The number of imide groups is 1. The summed E-state index contributed by atoms with van der Waals surface area (Å²) in [4.78, 5) is 64.4. The van der Waals surface area contributed by atoms with Gasteiger partial charge >= 0.3 is 0 Å². The molecule has 210 valence electrons. The van der Waals surface area contributed by atoms with Crippen LogP contribution in [0.5, 0.6) is 0 Å². The molecule has 1 aliphatic carbocycles. The summed E-state index contributed by atoms with van der Waals surface area (Å²) in [7, 11) is -2.68. The summed E-state index contributed by atoms with van der Waals surface area (Å²) in [5.41, 5.74) is 2.90. The van der Waals surface area contributed by atoms with Crippen LogP contribution in [0.1, 0.15) is 72.4 Å². The van der Waals surface area contributed by atoms with Crippen LogP contribution in [0.15, 0.2) is 24.3 Å². The molecule has 9 nitrogen and oxygen atoms in total. The third-order valence-electron chi connectivity index (χ3n) is 7.53. The molecule has 2 aliphatic rings. The minimum absolute atomic E-state index is 0.0323. The number of carbonyl (C=O) groups is 4. The van der Waals surface area contributed by atoms with Gasteiger partial charge in [0, 0.05) is 35.6 Å². The predicted molar refractivity (Wildman–Crippen MR) is 150 cm³/mol. The monoisotopic (exact) mass is 555 g/mol. The lowest BCUT2D eigenvalue weighted by Crippen LogP contribution is -2.49. The highest BCUT2D eigenvalue weighted by molar-refractivity contribution is 7.58. The Bertz CT molecular complexity index is 1330. The Morgan fingerprint density at radius 3 is 1.92 bits per heavy atom. The topological polar surface area (TPSA) is 133 Å². The number of hydrogen-bond donors (Lipinski definition) is 3. The molecule has 39 heavy (non-hydrogen) atoms. The number of benzene rings is 2. The summed E-state index contributed by atoms with van der Waals surface area (Å²) in [6.07, 6.45) is 1.35. The van der Waals surface area contributed by atoms with Crippen molar-refractivity contribution in [3.63, 3.8) is 0 Å². The van der Waals surface area contributed by atoms with Gasteiger partial charge in [-0.15, -0.1) is 0 Å². The third-order valence-corrected chi connectivity index (χ3v) is 9.27. The van der Waals surface area contributed by atoms with Gasteiger partial charge in [-0.25, -0.2) is 0 Å². The zero-order valence-electron chi connectivity index (χ0n) is 23.2. The number of amides is 4. The van der Waals surface area contributed by atoms with Crippen LogP contribution in [0.4, 0.5) is 0 Å². The highest BCUT2D eigenvalue weighted by atomic mass is 31.2. The zero-order valence-corrected chi connectivity index (χ0v) is 24.1. The fourth-order valence-electron chi connectivity index (χ4n) is 5.82. The third kappa shape index (κ3) is 5.94. The largest absolute Gasteiger partial charge is 0.357 e. The van der Waals surface area contributed by atoms with Crippen LogP contribution in [0.25, 0.3) is 10.8 Å². The van der Waals surface area contributed by atoms with E-state index in [0.717, 1.165) is 34.3 Å². The molecule has 3 atom stereocenters. The lowest BCUT2D eigenvalue weighted by Gasteiger charge is -2.30. The van der Waals surface area contributed by atoms with Gasteiger partial charge < -0.3 is 15.5 Å². The maximum atomic E-state index is 13.5. The van der Waals surface area contributed by atoms with E-state index in [9.17, 15) is 28.6 Å². The first-order valence-corrected chi connectivity index (χ1v) is 15.6. The van der Waals surface area contributed by atoms with Gasteiger partial charge in [-0.1, -0.05) is 39.8 Å². The summed E-state index contributed by atoms with van der Waals surface area (Å²) >= 11 is 0. The fourth-order valence-corrected chi connectivity index (χ4v) is 7.64. The second-order valence-electron chi connectivity index (χ2n) is 11.6. The molecule has 2 aromatic rings. The Balaban J connectivity index is 1.56. The molecule has 1 heterocycles. The van der Waals surface area contributed by atoms with E-state index in [0.29, 0.717) is 29.4 Å². The van der Waals surface area contributed by atoms with Crippen molar-refractivity contribution in [3.8, 4) is 0 Å². The van der Waals surface area contributed by atoms with Crippen LogP contribution >= 0.6 is 7.37 Å². The van der Waals surface area contributed by atoms with E-state index in [1.54, 1.807) is 12.1 Å². The smallest absolute Gasteiger partial charge is 0.261 e. The van der Waals surface area contributed by atoms with Crippen molar-refractivity contribution in [2.24, 2.45) is 17.8 Å². The first-order chi connectivity index (χ1) is 18.3. The Hall–Kier alpha value is -3.03. The molecule has 4 rings (SSSR count).